The molecular formula is C14H15FN4O. The molecule has 5 nitrogen and oxygen atoms in total. The Labute approximate surface area is 116 Å². The number of pyridine rings is 1. The average molecular weight is 274 g/mol. The molecule has 0 atom stereocenters. The fourth-order valence-corrected chi connectivity index (χ4v) is 1.97. The number of nitrogen functional groups attached to an aromatic ring is 1. The van der Waals surface area contributed by atoms with E-state index in [2.05, 4.69) is 4.98 Å². The molecular weight excluding hydrogens is 259 g/mol. The Hall–Kier alpha value is -2.63. The number of nitrogens with two attached hydrogens (primary N) is 2. The van der Waals surface area contributed by atoms with Gasteiger partial charge in [-0.2, -0.15) is 0 Å². The van der Waals surface area contributed by atoms with Crippen molar-refractivity contribution in [1.82, 2.24) is 4.98 Å². The van der Waals surface area contributed by atoms with Crippen LogP contribution in [0.25, 0.3) is 0 Å². The van der Waals surface area contributed by atoms with Crippen LogP contribution in [0.3, 0.4) is 0 Å². The van der Waals surface area contributed by atoms with Crippen LogP contribution in [0.4, 0.5) is 21.6 Å². The molecule has 0 saturated heterocycles. The summed E-state index contributed by atoms with van der Waals surface area (Å²) in [6, 6.07) is 7.51. The molecule has 104 valence electrons. The lowest BCUT2D eigenvalue weighted by Crippen LogP contribution is -2.23. The van der Waals surface area contributed by atoms with Crippen LogP contribution in [0.1, 0.15) is 17.3 Å². The van der Waals surface area contributed by atoms with Crippen molar-refractivity contribution in [2.45, 2.75) is 6.92 Å². The summed E-state index contributed by atoms with van der Waals surface area (Å²) in [6.45, 7) is 2.37. The lowest BCUT2D eigenvalue weighted by Gasteiger charge is -2.24. The van der Waals surface area contributed by atoms with Gasteiger partial charge in [0.2, 0.25) is 0 Å². The maximum atomic E-state index is 13.3. The molecule has 1 amide bonds. The number of nitrogens with zero attached hydrogens (tertiary/aromatic N) is 2. The predicted molar refractivity (Wildman–Crippen MR) is 76.2 cm³/mol. The zero-order valence-electron chi connectivity index (χ0n) is 11.0. The van der Waals surface area contributed by atoms with Gasteiger partial charge < -0.3 is 16.4 Å². The second-order valence-corrected chi connectivity index (χ2v) is 4.23. The molecule has 4 N–H and O–H groups in total. The van der Waals surface area contributed by atoms with E-state index in [1.807, 2.05) is 6.92 Å². The number of aromatic nitrogens is 1. The zero-order chi connectivity index (χ0) is 14.7. The molecule has 2 rings (SSSR count). The van der Waals surface area contributed by atoms with E-state index in [9.17, 15) is 9.18 Å². The molecule has 0 radical (unpaired) electrons. The average Bonchev–Trinajstić information content (AvgIpc) is 2.41. The molecule has 2 aromatic rings. The summed E-state index contributed by atoms with van der Waals surface area (Å²) in [5.41, 5.74) is 12.1. The lowest BCUT2D eigenvalue weighted by atomic mass is 10.2. The number of hydrogen-bond acceptors (Lipinski definition) is 4. The lowest BCUT2D eigenvalue weighted by molar-refractivity contribution is 0.100. The molecule has 1 heterocycles. The van der Waals surface area contributed by atoms with Crippen LogP contribution in [0.5, 0.6) is 0 Å². The van der Waals surface area contributed by atoms with Gasteiger partial charge in [-0.3, -0.25) is 4.79 Å². The van der Waals surface area contributed by atoms with Gasteiger partial charge in [0.25, 0.3) is 5.91 Å². The van der Waals surface area contributed by atoms with Crippen molar-refractivity contribution in [3.05, 3.63) is 47.9 Å². The van der Waals surface area contributed by atoms with Gasteiger partial charge in [-0.05, 0) is 31.2 Å². The number of halogens is 1. The topological polar surface area (TPSA) is 85.2 Å². The second kappa shape index (κ2) is 5.56. The van der Waals surface area contributed by atoms with E-state index in [-0.39, 0.29) is 11.4 Å². The van der Waals surface area contributed by atoms with E-state index in [1.165, 1.54) is 24.4 Å². The number of benzene rings is 1. The van der Waals surface area contributed by atoms with Crippen LogP contribution < -0.4 is 16.4 Å². The standard InChI is InChI=1S/C14H15FN4O/c1-2-19(11-5-3-4-9(15)6-11)14-12(13(17)20)7-10(16)8-18-14/h3-8H,2,16H2,1H3,(H2,17,20). The van der Waals surface area contributed by atoms with Gasteiger partial charge in [-0.15, -0.1) is 0 Å². The van der Waals surface area contributed by atoms with Gasteiger partial charge in [0.15, 0.2) is 0 Å². The quantitative estimate of drug-likeness (QED) is 0.893. The summed E-state index contributed by atoms with van der Waals surface area (Å²) < 4.78 is 13.3. The van der Waals surface area contributed by atoms with Crippen LogP contribution in [0.15, 0.2) is 36.5 Å². The number of hydrogen-bond donors (Lipinski definition) is 2. The number of carbonyl (C=O) groups is 1. The Kier molecular flexibility index (Phi) is 3.84. The van der Waals surface area contributed by atoms with E-state index in [0.29, 0.717) is 23.7 Å². The van der Waals surface area contributed by atoms with E-state index in [0.717, 1.165) is 0 Å². The summed E-state index contributed by atoms with van der Waals surface area (Å²) in [5, 5.41) is 0. The third kappa shape index (κ3) is 2.69. The minimum absolute atomic E-state index is 0.205. The number of anilines is 3. The molecule has 0 aliphatic heterocycles. The molecule has 0 spiro atoms. The van der Waals surface area contributed by atoms with Crippen LogP contribution in [0.2, 0.25) is 0 Å². The van der Waals surface area contributed by atoms with Crippen molar-refractivity contribution < 1.29 is 9.18 Å². The number of primary amides is 1. The van der Waals surface area contributed by atoms with Crippen molar-refractivity contribution >= 4 is 23.1 Å². The third-order valence-corrected chi connectivity index (χ3v) is 2.85. The number of carbonyl (C=O) groups excluding carboxylic acids is 1. The molecule has 0 aliphatic carbocycles. The Morgan fingerprint density at radius 3 is 2.75 bits per heavy atom. The minimum atomic E-state index is -0.630. The van der Waals surface area contributed by atoms with E-state index >= 15 is 0 Å². The van der Waals surface area contributed by atoms with E-state index in [1.54, 1.807) is 17.0 Å². The Morgan fingerprint density at radius 1 is 1.40 bits per heavy atom. The third-order valence-electron chi connectivity index (χ3n) is 2.85. The maximum Gasteiger partial charge on any atom is 0.252 e. The SMILES string of the molecule is CCN(c1cccc(F)c1)c1ncc(N)cc1C(N)=O. The Balaban J connectivity index is 2.55. The molecule has 6 heteroatoms. The molecule has 0 bridgehead atoms. The Bertz CT molecular complexity index is 645. The van der Waals surface area contributed by atoms with Crippen molar-refractivity contribution in [2.24, 2.45) is 5.73 Å². The van der Waals surface area contributed by atoms with Crippen molar-refractivity contribution in [1.29, 1.82) is 0 Å². The van der Waals surface area contributed by atoms with Crippen molar-refractivity contribution in [2.75, 3.05) is 17.2 Å². The van der Waals surface area contributed by atoms with E-state index in [4.69, 9.17) is 11.5 Å². The highest BCUT2D eigenvalue weighted by molar-refractivity contribution is 5.99. The van der Waals surface area contributed by atoms with Crippen LogP contribution >= 0.6 is 0 Å². The first-order chi connectivity index (χ1) is 9.52. The zero-order valence-corrected chi connectivity index (χ0v) is 11.0. The van der Waals surface area contributed by atoms with Gasteiger partial charge in [-0.25, -0.2) is 9.37 Å². The van der Waals surface area contributed by atoms with E-state index < -0.39 is 5.91 Å². The molecule has 0 unspecified atom stereocenters. The number of amides is 1. The first-order valence-electron chi connectivity index (χ1n) is 6.11. The predicted octanol–water partition coefficient (Wildman–Crippen LogP) is 2.06. The first kappa shape index (κ1) is 13.8. The van der Waals surface area contributed by atoms with Crippen LogP contribution in [-0.4, -0.2) is 17.4 Å². The second-order valence-electron chi connectivity index (χ2n) is 4.23. The summed E-state index contributed by atoms with van der Waals surface area (Å²) >= 11 is 0. The first-order valence-corrected chi connectivity index (χ1v) is 6.11. The maximum absolute atomic E-state index is 13.3. The molecule has 20 heavy (non-hydrogen) atoms. The van der Waals surface area contributed by atoms with Crippen molar-refractivity contribution in [3.63, 3.8) is 0 Å². The van der Waals surface area contributed by atoms with Crippen LogP contribution in [0, 0.1) is 5.82 Å². The largest absolute Gasteiger partial charge is 0.397 e. The monoisotopic (exact) mass is 274 g/mol. The van der Waals surface area contributed by atoms with Gasteiger partial charge in [0.1, 0.15) is 11.6 Å². The highest BCUT2D eigenvalue weighted by atomic mass is 19.1. The molecule has 0 aliphatic rings. The van der Waals surface area contributed by atoms with Gasteiger partial charge in [-0.1, -0.05) is 6.07 Å². The van der Waals surface area contributed by atoms with Gasteiger partial charge in [0, 0.05) is 12.2 Å². The summed E-state index contributed by atoms with van der Waals surface area (Å²) in [5.74, 6) is -0.633. The fraction of sp³-hybridized carbons (Fsp3) is 0.143. The summed E-state index contributed by atoms with van der Waals surface area (Å²) in [7, 11) is 0. The Morgan fingerprint density at radius 2 is 2.15 bits per heavy atom. The fourth-order valence-electron chi connectivity index (χ4n) is 1.97. The highest BCUT2D eigenvalue weighted by Gasteiger charge is 2.17. The molecule has 0 fully saturated rings. The molecule has 1 aromatic heterocycles. The summed E-state index contributed by atoms with van der Waals surface area (Å²) in [4.78, 5) is 17.4. The molecule has 1 aromatic carbocycles. The van der Waals surface area contributed by atoms with Crippen LogP contribution in [-0.2, 0) is 0 Å². The number of rotatable bonds is 4. The molecule has 0 saturated carbocycles. The summed E-state index contributed by atoms with van der Waals surface area (Å²) in [6.07, 6.45) is 1.43. The highest BCUT2D eigenvalue weighted by Crippen LogP contribution is 2.27. The smallest absolute Gasteiger partial charge is 0.252 e. The minimum Gasteiger partial charge on any atom is -0.397 e. The van der Waals surface area contributed by atoms with Gasteiger partial charge >= 0.3 is 0 Å². The van der Waals surface area contributed by atoms with Crippen molar-refractivity contribution in [3.8, 4) is 0 Å². The normalized spacial score (nSPS) is 10.3. The van der Waals surface area contributed by atoms with Gasteiger partial charge in [0.05, 0.1) is 17.4 Å².